The van der Waals surface area contributed by atoms with E-state index in [4.69, 9.17) is 9.47 Å². The molecular weight excluding hydrogens is 381 g/mol. The van der Waals surface area contributed by atoms with Gasteiger partial charge in [0.25, 0.3) is 0 Å². The lowest BCUT2D eigenvalue weighted by molar-refractivity contribution is 0.0461. The van der Waals surface area contributed by atoms with E-state index in [2.05, 4.69) is 20.9 Å². The minimum atomic E-state index is -0.659. The molecule has 0 aliphatic rings. The van der Waals surface area contributed by atoms with Crippen molar-refractivity contribution >= 4 is 27.9 Å². The summed E-state index contributed by atoms with van der Waals surface area (Å²) in [6.07, 6.45) is 0. The lowest BCUT2D eigenvalue weighted by atomic mass is 10.1. The van der Waals surface area contributed by atoms with Crippen LogP contribution < -0.4 is 0 Å². The first kappa shape index (κ1) is 18.2. The molecule has 2 rings (SSSR count). The Morgan fingerprint density at radius 1 is 1.21 bits per heavy atom. The van der Waals surface area contributed by atoms with Gasteiger partial charge in [-0.25, -0.2) is 14.0 Å². The second-order valence-corrected chi connectivity index (χ2v) is 6.07. The van der Waals surface area contributed by atoms with Gasteiger partial charge in [0.05, 0.1) is 12.2 Å². The van der Waals surface area contributed by atoms with Crippen LogP contribution in [0.1, 0.15) is 44.6 Å². The minimum absolute atomic E-state index is 0.160. The van der Waals surface area contributed by atoms with Gasteiger partial charge in [-0.2, -0.15) is 0 Å². The third-order valence-electron chi connectivity index (χ3n) is 3.50. The number of esters is 2. The summed E-state index contributed by atoms with van der Waals surface area (Å²) in [5, 5.41) is 0. The number of aryl methyl sites for hydroxylation is 1. The van der Waals surface area contributed by atoms with E-state index in [9.17, 15) is 14.0 Å². The van der Waals surface area contributed by atoms with Crippen LogP contribution in [-0.2, 0) is 16.1 Å². The molecule has 0 amide bonds. The van der Waals surface area contributed by atoms with Crippen LogP contribution in [0, 0.1) is 19.7 Å². The van der Waals surface area contributed by atoms with Gasteiger partial charge in [-0.1, -0.05) is 22.0 Å². The highest BCUT2D eigenvalue weighted by Gasteiger charge is 2.23. The molecule has 2 aromatic rings. The summed E-state index contributed by atoms with van der Waals surface area (Å²) in [6, 6.07) is 4.49. The number of hydrogen-bond acceptors (Lipinski definition) is 4. The van der Waals surface area contributed by atoms with Crippen LogP contribution in [0.15, 0.2) is 22.7 Å². The molecule has 1 N–H and O–H groups in total. The van der Waals surface area contributed by atoms with Crippen LogP contribution in [0.25, 0.3) is 0 Å². The molecule has 0 aliphatic heterocycles. The van der Waals surface area contributed by atoms with Gasteiger partial charge >= 0.3 is 11.9 Å². The zero-order valence-corrected chi connectivity index (χ0v) is 15.1. The van der Waals surface area contributed by atoms with Gasteiger partial charge in [0.2, 0.25) is 0 Å². The zero-order valence-electron chi connectivity index (χ0n) is 13.5. The van der Waals surface area contributed by atoms with Gasteiger partial charge in [0, 0.05) is 15.7 Å². The maximum absolute atomic E-state index is 13.8. The second-order valence-electron chi connectivity index (χ2n) is 5.16. The molecule has 0 atom stereocenters. The molecule has 0 saturated heterocycles. The quantitative estimate of drug-likeness (QED) is 0.772. The van der Waals surface area contributed by atoms with E-state index >= 15 is 0 Å². The Kier molecular flexibility index (Phi) is 5.77. The van der Waals surface area contributed by atoms with Crippen LogP contribution in [0.3, 0.4) is 0 Å². The van der Waals surface area contributed by atoms with E-state index in [0.717, 1.165) is 0 Å². The molecule has 1 heterocycles. The van der Waals surface area contributed by atoms with Crippen LogP contribution in [-0.4, -0.2) is 23.5 Å². The molecule has 24 heavy (non-hydrogen) atoms. The lowest BCUT2D eigenvalue weighted by Crippen LogP contribution is -2.10. The fourth-order valence-corrected chi connectivity index (χ4v) is 2.65. The van der Waals surface area contributed by atoms with Crippen molar-refractivity contribution in [3.8, 4) is 0 Å². The lowest BCUT2D eigenvalue weighted by Gasteiger charge is -2.06. The number of rotatable bonds is 5. The van der Waals surface area contributed by atoms with Crippen molar-refractivity contribution in [3.63, 3.8) is 0 Å². The highest BCUT2D eigenvalue weighted by molar-refractivity contribution is 9.10. The molecule has 5 nitrogen and oxygen atoms in total. The van der Waals surface area contributed by atoms with E-state index in [1.165, 1.54) is 12.1 Å². The van der Waals surface area contributed by atoms with E-state index in [1.807, 2.05) is 0 Å². The maximum Gasteiger partial charge on any atom is 0.355 e. The molecule has 1 aromatic heterocycles. The zero-order chi connectivity index (χ0) is 17.9. The van der Waals surface area contributed by atoms with Gasteiger partial charge in [0.15, 0.2) is 0 Å². The van der Waals surface area contributed by atoms with Crippen LogP contribution >= 0.6 is 15.9 Å². The van der Waals surface area contributed by atoms with Crippen LogP contribution in [0.5, 0.6) is 0 Å². The molecule has 128 valence electrons. The third kappa shape index (κ3) is 3.84. The number of nitrogens with one attached hydrogen (secondary N) is 1. The number of H-pyrrole nitrogens is 1. The number of carbonyl (C=O) groups excluding carboxylic acids is 2. The summed E-state index contributed by atoms with van der Waals surface area (Å²) >= 11 is 3.16. The molecular formula is C17H17BrFNO4. The molecule has 0 bridgehead atoms. The van der Waals surface area contributed by atoms with Gasteiger partial charge in [-0.15, -0.1) is 0 Å². The topological polar surface area (TPSA) is 68.4 Å². The Hall–Kier alpha value is -2.15. The van der Waals surface area contributed by atoms with Crippen molar-refractivity contribution < 1.29 is 23.5 Å². The van der Waals surface area contributed by atoms with Crippen molar-refractivity contribution in [2.24, 2.45) is 0 Å². The summed E-state index contributed by atoms with van der Waals surface area (Å²) in [5.41, 5.74) is 1.71. The number of carbonyl (C=O) groups is 2. The fourth-order valence-electron chi connectivity index (χ4n) is 2.32. The van der Waals surface area contributed by atoms with Gasteiger partial charge in [0.1, 0.15) is 18.1 Å². The predicted octanol–water partition coefficient (Wildman–Crippen LogP) is 4.07. The minimum Gasteiger partial charge on any atom is -0.462 e. The molecule has 7 heteroatoms. The number of aromatic amines is 1. The molecule has 0 radical (unpaired) electrons. The van der Waals surface area contributed by atoms with E-state index in [0.29, 0.717) is 21.3 Å². The first-order valence-corrected chi connectivity index (χ1v) is 8.11. The van der Waals surface area contributed by atoms with E-state index in [1.54, 1.807) is 26.8 Å². The summed E-state index contributed by atoms with van der Waals surface area (Å²) in [6.45, 7) is 5.05. The Bertz CT molecular complexity index is 785. The summed E-state index contributed by atoms with van der Waals surface area (Å²) in [7, 11) is 0. The molecule has 0 aliphatic carbocycles. The highest BCUT2D eigenvalue weighted by Crippen LogP contribution is 2.21. The predicted molar refractivity (Wildman–Crippen MR) is 89.4 cm³/mol. The summed E-state index contributed by atoms with van der Waals surface area (Å²) < 4.78 is 24.5. The third-order valence-corrected chi connectivity index (χ3v) is 3.99. The van der Waals surface area contributed by atoms with Crippen molar-refractivity contribution in [1.29, 1.82) is 0 Å². The molecule has 0 saturated carbocycles. The smallest absolute Gasteiger partial charge is 0.355 e. The van der Waals surface area contributed by atoms with Crippen LogP contribution in [0.4, 0.5) is 4.39 Å². The second kappa shape index (κ2) is 7.61. The number of aromatic nitrogens is 1. The number of hydrogen-bond donors (Lipinski definition) is 1. The van der Waals surface area contributed by atoms with Gasteiger partial charge < -0.3 is 14.5 Å². The Labute approximate surface area is 147 Å². The maximum atomic E-state index is 13.8. The number of halogens is 2. The summed E-state index contributed by atoms with van der Waals surface area (Å²) in [4.78, 5) is 27.0. The normalized spacial score (nSPS) is 10.5. The van der Waals surface area contributed by atoms with Gasteiger partial charge in [-0.05, 0) is 38.5 Å². The average Bonchev–Trinajstić information content (AvgIpc) is 2.81. The highest BCUT2D eigenvalue weighted by atomic mass is 79.9. The van der Waals surface area contributed by atoms with Crippen molar-refractivity contribution in [2.45, 2.75) is 27.4 Å². The Balaban J connectivity index is 2.15. The Morgan fingerprint density at radius 2 is 1.92 bits per heavy atom. The standard InChI is InChI=1S/C17H17BrFNO4/c1-4-23-16(21)14-9(2)15(20-10(14)3)17(22)24-8-11-5-6-12(18)7-13(11)19/h5-7,20H,4,8H2,1-3H3. The largest absolute Gasteiger partial charge is 0.462 e. The van der Waals surface area contributed by atoms with Crippen molar-refractivity contribution in [3.05, 3.63) is 56.6 Å². The molecule has 0 fully saturated rings. The van der Waals surface area contributed by atoms with Crippen molar-refractivity contribution in [1.82, 2.24) is 4.98 Å². The summed E-state index contributed by atoms with van der Waals surface area (Å²) in [5.74, 6) is -1.63. The number of benzene rings is 1. The SMILES string of the molecule is CCOC(=O)c1c(C)[nH]c(C(=O)OCc2ccc(Br)cc2F)c1C. The molecule has 1 aromatic carbocycles. The fraction of sp³-hybridized carbons (Fsp3) is 0.294. The first-order valence-electron chi connectivity index (χ1n) is 7.32. The first-order chi connectivity index (χ1) is 11.3. The van der Waals surface area contributed by atoms with Gasteiger partial charge in [-0.3, -0.25) is 0 Å². The number of ether oxygens (including phenoxy) is 2. The monoisotopic (exact) mass is 397 g/mol. The molecule has 0 unspecified atom stereocenters. The van der Waals surface area contributed by atoms with Crippen LogP contribution in [0.2, 0.25) is 0 Å². The average molecular weight is 398 g/mol. The van der Waals surface area contributed by atoms with E-state index in [-0.39, 0.29) is 24.5 Å². The van der Waals surface area contributed by atoms with E-state index < -0.39 is 17.8 Å². The molecule has 0 spiro atoms. The Morgan fingerprint density at radius 3 is 2.54 bits per heavy atom. The van der Waals surface area contributed by atoms with Crippen molar-refractivity contribution in [2.75, 3.05) is 6.61 Å².